The van der Waals surface area contributed by atoms with E-state index in [0.717, 1.165) is 27.4 Å². The lowest BCUT2D eigenvalue weighted by Gasteiger charge is -2.32. The molecule has 1 fully saturated rings. The lowest BCUT2D eigenvalue weighted by molar-refractivity contribution is 0.286. The van der Waals surface area contributed by atoms with Gasteiger partial charge in [0.2, 0.25) is 0 Å². The zero-order valence-corrected chi connectivity index (χ0v) is 16.8. The van der Waals surface area contributed by atoms with Gasteiger partial charge in [0.1, 0.15) is 5.82 Å². The number of halogens is 1. The van der Waals surface area contributed by atoms with Gasteiger partial charge < -0.3 is 4.98 Å². The van der Waals surface area contributed by atoms with Crippen LogP contribution < -0.4 is 0 Å². The first-order valence-corrected chi connectivity index (χ1v) is 10.6. The van der Waals surface area contributed by atoms with Crippen LogP contribution in [0.2, 0.25) is 5.02 Å². The largest absolute Gasteiger partial charge is 0.342 e. The molecule has 1 saturated carbocycles. The molecule has 28 heavy (non-hydrogen) atoms. The standard InChI is InChI=1S/C24H24ClN3/c1-15(24-27-22-11-10-18(25)14-23(22)28-24)16-6-8-17(9-7-16)19-12-13-26-21-5-3-2-4-20(19)21/h2-5,10-17H,6-9H2,1H3,(H,27,28)/t15-,16?,17?/m1/s1. The molecule has 4 heteroatoms. The average molecular weight is 390 g/mol. The number of hydrogen-bond acceptors (Lipinski definition) is 2. The maximum Gasteiger partial charge on any atom is 0.110 e. The van der Waals surface area contributed by atoms with Crippen molar-refractivity contribution >= 4 is 33.5 Å². The van der Waals surface area contributed by atoms with Gasteiger partial charge in [0.05, 0.1) is 16.6 Å². The van der Waals surface area contributed by atoms with Crippen molar-refractivity contribution in [2.24, 2.45) is 5.92 Å². The smallest absolute Gasteiger partial charge is 0.110 e. The Balaban J connectivity index is 1.33. The summed E-state index contributed by atoms with van der Waals surface area (Å²) in [4.78, 5) is 12.8. The Labute approximate surface area is 170 Å². The van der Waals surface area contributed by atoms with Crippen LogP contribution >= 0.6 is 11.6 Å². The van der Waals surface area contributed by atoms with Crippen molar-refractivity contribution < 1.29 is 0 Å². The van der Waals surface area contributed by atoms with E-state index in [0.29, 0.717) is 17.8 Å². The summed E-state index contributed by atoms with van der Waals surface area (Å²) in [6.45, 7) is 2.31. The number of nitrogens with zero attached hydrogens (tertiary/aromatic N) is 2. The van der Waals surface area contributed by atoms with Crippen molar-refractivity contribution in [3.8, 4) is 0 Å². The molecule has 0 amide bonds. The second-order valence-corrected chi connectivity index (χ2v) is 8.54. The van der Waals surface area contributed by atoms with Gasteiger partial charge in [-0.25, -0.2) is 4.98 Å². The highest BCUT2D eigenvalue weighted by molar-refractivity contribution is 6.31. The number of fused-ring (bicyclic) bond motifs is 2. The van der Waals surface area contributed by atoms with Gasteiger partial charge in [0, 0.05) is 22.5 Å². The van der Waals surface area contributed by atoms with E-state index < -0.39 is 0 Å². The molecule has 1 aliphatic rings. The minimum atomic E-state index is 0.432. The minimum Gasteiger partial charge on any atom is -0.342 e. The van der Waals surface area contributed by atoms with Gasteiger partial charge in [-0.15, -0.1) is 0 Å². The quantitative estimate of drug-likeness (QED) is 0.416. The van der Waals surface area contributed by atoms with Gasteiger partial charge in [-0.1, -0.05) is 36.7 Å². The first-order valence-electron chi connectivity index (χ1n) is 10.2. The number of nitrogens with one attached hydrogen (secondary N) is 1. The van der Waals surface area contributed by atoms with Crippen LogP contribution in [0.25, 0.3) is 21.9 Å². The van der Waals surface area contributed by atoms with Gasteiger partial charge >= 0.3 is 0 Å². The summed E-state index contributed by atoms with van der Waals surface area (Å²) in [7, 11) is 0. The van der Waals surface area contributed by atoms with Gasteiger partial charge in [-0.05, 0) is 73.4 Å². The molecular formula is C24H24ClN3. The van der Waals surface area contributed by atoms with Crippen molar-refractivity contribution in [2.45, 2.75) is 44.4 Å². The zero-order valence-electron chi connectivity index (χ0n) is 16.0. The van der Waals surface area contributed by atoms with Gasteiger partial charge in [0.25, 0.3) is 0 Å². The third-order valence-electron chi connectivity index (χ3n) is 6.50. The number of rotatable bonds is 3. The minimum absolute atomic E-state index is 0.432. The predicted octanol–water partition coefficient (Wildman–Crippen LogP) is 6.84. The number of imidazole rings is 1. The van der Waals surface area contributed by atoms with Crippen molar-refractivity contribution in [3.05, 3.63) is 71.1 Å². The first kappa shape index (κ1) is 17.7. The first-order chi connectivity index (χ1) is 13.7. The highest BCUT2D eigenvalue weighted by Crippen LogP contribution is 2.42. The van der Waals surface area contributed by atoms with Crippen molar-refractivity contribution in [1.29, 1.82) is 0 Å². The Morgan fingerprint density at radius 2 is 1.82 bits per heavy atom. The molecule has 0 saturated heterocycles. The number of para-hydroxylation sites is 1. The monoisotopic (exact) mass is 389 g/mol. The molecule has 0 radical (unpaired) electrons. The molecule has 0 spiro atoms. The van der Waals surface area contributed by atoms with E-state index >= 15 is 0 Å². The number of pyridine rings is 1. The van der Waals surface area contributed by atoms with Crippen LogP contribution in [0.15, 0.2) is 54.7 Å². The maximum absolute atomic E-state index is 6.12. The van der Waals surface area contributed by atoms with Crippen LogP contribution in [0.5, 0.6) is 0 Å². The molecule has 1 N–H and O–H groups in total. The predicted molar refractivity (Wildman–Crippen MR) is 116 cm³/mol. The molecule has 0 aliphatic heterocycles. The van der Waals surface area contributed by atoms with E-state index in [1.807, 2.05) is 24.4 Å². The Morgan fingerprint density at radius 3 is 2.68 bits per heavy atom. The van der Waals surface area contributed by atoms with Gasteiger partial charge in [-0.3, -0.25) is 4.98 Å². The highest BCUT2D eigenvalue weighted by Gasteiger charge is 2.29. The number of H-pyrrole nitrogens is 1. The summed E-state index contributed by atoms with van der Waals surface area (Å²) in [5.74, 6) is 2.82. The van der Waals surface area contributed by atoms with Crippen molar-refractivity contribution in [3.63, 3.8) is 0 Å². The molecule has 0 unspecified atom stereocenters. The normalized spacial score (nSPS) is 21.2. The van der Waals surface area contributed by atoms with E-state index in [-0.39, 0.29) is 0 Å². The zero-order chi connectivity index (χ0) is 19.1. The van der Waals surface area contributed by atoms with Crippen LogP contribution in [0, 0.1) is 5.92 Å². The Morgan fingerprint density at radius 1 is 1.00 bits per heavy atom. The Kier molecular flexibility index (Phi) is 4.56. The molecule has 2 aromatic heterocycles. The van der Waals surface area contributed by atoms with E-state index in [9.17, 15) is 0 Å². The SMILES string of the molecule is C[C@@H](c1nc2ccc(Cl)cc2[nH]1)C1CCC(c2ccnc3ccccc23)CC1. The van der Waals surface area contributed by atoms with Gasteiger partial charge in [-0.2, -0.15) is 0 Å². The Hall–Kier alpha value is -2.39. The van der Waals surface area contributed by atoms with E-state index in [1.165, 1.54) is 36.6 Å². The number of aromatic nitrogens is 3. The average Bonchev–Trinajstić information content (AvgIpc) is 3.16. The summed E-state index contributed by atoms with van der Waals surface area (Å²) in [5, 5.41) is 2.07. The van der Waals surface area contributed by atoms with E-state index in [2.05, 4.69) is 47.2 Å². The van der Waals surface area contributed by atoms with Crippen molar-refractivity contribution in [1.82, 2.24) is 15.0 Å². The fourth-order valence-electron chi connectivity index (χ4n) is 4.84. The van der Waals surface area contributed by atoms with Crippen molar-refractivity contribution in [2.75, 3.05) is 0 Å². The summed E-state index contributed by atoms with van der Waals surface area (Å²) < 4.78 is 0. The van der Waals surface area contributed by atoms with Gasteiger partial charge in [0.15, 0.2) is 0 Å². The highest BCUT2D eigenvalue weighted by atomic mass is 35.5. The van der Waals surface area contributed by atoms with Crippen LogP contribution in [-0.2, 0) is 0 Å². The van der Waals surface area contributed by atoms with Crippen LogP contribution in [0.3, 0.4) is 0 Å². The van der Waals surface area contributed by atoms with E-state index in [1.54, 1.807) is 0 Å². The summed E-state index contributed by atoms with van der Waals surface area (Å²) >= 11 is 6.12. The van der Waals surface area contributed by atoms with Crippen LogP contribution in [0.1, 0.15) is 55.8 Å². The fourth-order valence-corrected chi connectivity index (χ4v) is 5.02. The summed E-state index contributed by atoms with van der Waals surface area (Å²) in [6.07, 6.45) is 6.90. The number of benzene rings is 2. The lowest BCUT2D eigenvalue weighted by atomic mass is 9.73. The molecule has 5 rings (SSSR count). The molecule has 3 nitrogen and oxygen atoms in total. The summed E-state index contributed by atoms with van der Waals surface area (Å²) in [5.41, 5.74) is 4.61. The third-order valence-corrected chi connectivity index (χ3v) is 6.73. The molecule has 0 bridgehead atoms. The molecule has 1 atom stereocenters. The van der Waals surface area contributed by atoms with Crippen LogP contribution in [-0.4, -0.2) is 15.0 Å². The molecule has 1 aliphatic carbocycles. The molecule has 2 heterocycles. The molecule has 4 aromatic rings. The topological polar surface area (TPSA) is 41.6 Å². The molecule has 2 aromatic carbocycles. The number of aromatic amines is 1. The summed E-state index contributed by atoms with van der Waals surface area (Å²) in [6, 6.07) is 16.6. The third kappa shape index (κ3) is 3.18. The molecule has 142 valence electrons. The van der Waals surface area contributed by atoms with E-state index in [4.69, 9.17) is 16.6 Å². The number of hydrogen-bond donors (Lipinski definition) is 1. The molecular weight excluding hydrogens is 366 g/mol. The van der Waals surface area contributed by atoms with Crippen LogP contribution in [0.4, 0.5) is 0 Å². The second-order valence-electron chi connectivity index (χ2n) is 8.10. The second kappa shape index (κ2) is 7.21. The maximum atomic E-state index is 6.12. The fraction of sp³-hybridized carbons (Fsp3) is 0.333. The lowest BCUT2D eigenvalue weighted by Crippen LogP contribution is -2.19. The Bertz CT molecular complexity index is 1120.